The molecule has 2 aromatic rings. The summed E-state index contributed by atoms with van der Waals surface area (Å²) in [5.41, 5.74) is 2.43. The van der Waals surface area contributed by atoms with Crippen LogP contribution in [0.2, 0.25) is 0 Å². The van der Waals surface area contributed by atoms with E-state index in [1.54, 1.807) is 14.2 Å². The first-order valence-corrected chi connectivity index (χ1v) is 8.96. The summed E-state index contributed by atoms with van der Waals surface area (Å²) in [5.74, 6) is 0.672. The average Bonchev–Trinajstić information content (AvgIpc) is 3.04. The number of aliphatic hydroxyl groups excluding tert-OH is 1. The lowest BCUT2D eigenvalue weighted by molar-refractivity contribution is -0.138. The molecule has 0 spiro atoms. The number of cyclic esters (lactones) is 1. The number of methoxy groups -OCH3 is 2. The normalized spacial score (nSPS) is 19.5. The standard InChI is InChI=1S/C22H23NO5/c1-14(24)19-20(21(28-22(19)25)16-7-5-4-6-8-16)23-12-11-15-9-10-17(26-2)18(13-15)27-3/h4-10,13,21,24H,11-12H2,1-3H3/t21-/m1/s1. The highest BCUT2D eigenvalue weighted by Gasteiger charge is 2.38. The zero-order chi connectivity index (χ0) is 20.1. The van der Waals surface area contributed by atoms with Crippen LogP contribution < -0.4 is 9.47 Å². The van der Waals surface area contributed by atoms with Gasteiger partial charge >= 0.3 is 5.97 Å². The molecule has 3 rings (SSSR count). The summed E-state index contributed by atoms with van der Waals surface area (Å²) >= 11 is 0. The monoisotopic (exact) mass is 381 g/mol. The second-order valence-electron chi connectivity index (χ2n) is 6.36. The van der Waals surface area contributed by atoms with Crippen LogP contribution in [0.4, 0.5) is 0 Å². The lowest BCUT2D eigenvalue weighted by Crippen LogP contribution is -2.11. The van der Waals surface area contributed by atoms with Gasteiger partial charge in [-0.1, -0.05) is 36.4 Å². The van der Waals surface area contributed by atoms with Crippen molar-refractivity contribution in [3.05, 3.63) is 71.0 Å². The predicted molar refractivity (Wildman–Crippen MR) is 106 cm³/mol. The number of rotatable bonds is 6. The van der Waals surface area contributed by atoms with E-state index in [1.807, 2.05) is 48.5 Å². The Morgan fingerprint density at radius 3 is 2.46 bits per heavy atom. The molecule has 1 fully saturated rings. The number of allylic oxidation sites excluding steroid dienone is 1. The molecule has 146 valence electrons. The van der Waals surface area contributed by atoms with Crippen molar-refractivity contribution in [2.75, 3.05) is 20.8 Å². The fraction of sp³-hybridized carbons (Fsp3) is 0.273. The molecule has 1 saturated heterocycles. The van der Waals surface area contributed by atoms with Crippen LogP contribution in [0.25, 0.3) is 0 Å². The van der Waals surface area contributed by atoms with E-state index in [0.29, 0.717) is 30.2 Å². The second kappa shape index (κ2) is 8.61. The van der Waals surface area contributed by atoms with Crippen LogP contribution in [0.15, 0.2) is 64.9 Å². The molecule has 1 aliphatic heterocycles. The van der Waals surface area contributed by atoms with Gasteiger partial charge in [-0.15, -0.1) is 0 Å². The lowest BCUT2D eigenvalue weighted by Gasteiger charge is -2.11. The van der Waals surface area contributed by atoms with E-state index in [4.69, 9.17) is 14.2 Å². The Bertz CT molecular complexity index is 914. The van der Waals surface area contributed by atoms with Gasteiger partial charge in [-0.25, -0.2) is 4.79 Å². The van der Waals surface area contributed by atoms with Gasteiger partial charge in [0, 0.05) is 6.54 Å². The van der Waals surface area contributed by atoms with Crippen molar-refractivity contribution in [1.82, 2.24) is 0 Å². The molecule has 1 heterocycles. The Morgan fingerprint density at radius 1 is 1.11 bits per heavy atom. The van der Waals surface area contributed by atoms with Gasteiger partial charge in [0.2, 0.25) is 0 Å². The third-order valence-electron chi connectivity index (χ3n) is 4.53. The van der Waals surface area contributed by atoms with Gasteiger partial charge in [-0.2, -0.15) is 0 Å². The van der Waals surface area contributed by atoms with Gasteiger partial charge < -0.3 is 19.3 Å². The molecule has 1 atom stereocenters. The third kappa shape index (κ3) is 4.01. The summed E-state index contributed by atoms with van der Waals surface area (Å²) in [4.78, 5) is 16.9. The summed E-state index contributed by atoms with van der Waals surface area (Å²) < 4.78 is 16.1. The number of aliphatic imine (C=N–C) groups is 1. The molecule has 1 N–H and O–H groups in total. The van der Waals surface area contributed by atoms with Crippen LogP contribution in [0.3, 0.4) is 0 Å². The van der Waals surface area contributed by atoms with Crippen molar-refractivity contribution in [2.24, 2.45) is 4.99 Å². The van der Waals surface area contributed by atoms with Gasteiger partial charge in [0.15, 0.2) is 17.6 Å². The summed E-state index contributed by atoms with van der Waals surface area (Å²) in [7, 11) is 3.18. The van der Waals surface area contributed by atoms with Gasteiger partial charge in [-0.3, -0.25) is 4.99 Å². The number of carbonyl (C=O) groups excluding carboxylic acids is 1. The number of nitrogens with zero attached hydrogens (tertiary/aromatic N) is 1. The van der Waals surface area contributed by atoms with E-state index in [1.165, 1.54) is 6.92 Å². The molecule has 6 nitrogen and oxygen atoms in total. The van der Waals surface area contributed by atoms with Crippen molar-refractivity contribution in [3.8, 4) is 11.5 Å². The minimum absolute atomic E-state index is 0.0895. The maximum atomic E-state index is 12.2. The molecule has 0 radical (unpaired) electrons. The smallest absolute Gasteiger partial charge is 0.344 e. The highest BCUT2D eigenvalue weighted by molar-refractivity contribution is 6.26. The van der Waals surface area contributed by atoms with Crippen LogP contribution in [-0.4, -0.2) is 37.6 Å². The fourth-order valence-corrected chi connectivity index (χ4v) is 3.15. The van der Waals surface area contributed by atoms with Gasteiger partial charge in [0.05, 0.1) is 19.9 Å². The van der Waals surface area contributed by atoms with Crippen LogP contribution >= 0.6 is 0 Å². The van der Waals surface area contributed by atoms with Crippen LogP contribution in [0.1, 0.15) is 24.2 Å². The molecule has 0 unspecified atom stereocenters. The molecule has 0 saturated carbocycles. The number of hydrogen-bond donors (Lipinski definition) is 1. The zero-order valence-corrected chi connectivity index (χ0v) is 16.1. The molecule has 6 heteroatoms. The minimum atomic E-state index is -0.615. The Labute approximate surface area is 164 Å². The number of aliphatic hydroxyl groups is 1. The van der Waals surface area contributed by atoms with E-state index in [0.717, 1.165) is 11.1 Å². The third-order valence-corrected chi connectivity index (χ3v) is 4.53. The predicted octanol–water partition coefficient (Wildman–Crippen LogP) is 3.82. The minimum Gasteiger partial charge on any atom is -0.512 e. The first kappa shape index (κ1) is 19.5. The van der Waals surface area contributed by atoms with E-state index >= 15 is 0 Å². The maximum absolute atomic E-state index is 12.2. The van der Waals surface area contributed by atoms with E-state index in [2.05, 4.69) is 4.99 Å². The molecular formula is C22H23NO5. The summed E-state index contributed by atoms with van der Waals surface area (Å²) in [6, 6.07) is 15.1. The van der Waals surface area contributed by atoms with Gasteiger partial charge in [0.25, 0.3) is 0 Å². The Hall–Kier alpha value is -3.28. The quantitative estimate of drug-likeness (QED) is 0.468. The molecule has 1 aliphatic rings. The largest absolute Gasteiger partial charge is 0.512 e. The van der Waals surface area contributed by atoms with Crippen molar-refractivity contribution < 1.29 is 24.1 Å². The number of carbonyl (C=O) groups is 1. The summed E-state index contributed by atoms with van der Waals surface area (Å²) in [6.45, 7) is 1.90. The van der Waals surface area contributed by atoms with E-state index in [-0.39, 0.29) is 11.3 Å². The summed E-state index contributed by atoms with van der Waals surface area (Å²) in [6.07, 6.45) is 0.0216. The number of ether oxygens (including phenoxy) is 3. The number of benzene rings is 2. The van der Waals surface area contributed by atoms with Crippen molar-refractivity contribution in [2.45, 2.75) is 19.4 Å². The highest BCUT2D eigenvalue weighted by Crippen LogP contribution is 2.32. The van der Waals surface area contributed by atoms with Crippen molar-refractivity contribution in [1.29, 1.82) is 0 Å². The van der Waals surface area contributed by atoms with Gasteiger partial charge in [-0.05, 0) is 36.6 Å². The molecule has 28 heavy (non-hydrogen) atoms. The topological polar surface area (TPSA) is 77.4 Å². The number of hydrogen-bond acceptors (Lipinski definition) is 6. The SMILES string of the molecule is COc1ccc(CCN=C2C(=C(C)O)C(=O)O[C@@H]2c2ccccc2)cc1OC. The highest BCUT2D eigenvalue weighted by atomic mass is 16.6. The maximum Gasteiger partial charge on any atom is 0.344 e. The van der Waals surface area contributed by atoms with E-state index in [9.17, 15) is 9.90 Å². The molecule has 0 amide bonds. The molecule has 0 aliphatic carbocycles. The van der Waals surface area contributed by atoms with Crippen molar-refractivity contribution >= 4 is 11.7 Å². The molecular weight excluding hydrogens is 358 g/mol. The summed E-state index contributed by atoms with van der Waals surface area (Å²) in [5, 5.41) is 9.97. The molecule has 0 bridgehead atoms. The Kier molecular flexibility index (Phi) is 5.99. The number of esters is 1. The lowest BCUT2D eigenvalue weighted by atomic mass is 10.0. The van der Waals surface area contributed by atoms with Gasteiger partial charge in [0.1, 0.15) is 11.3 Å². The van der Waals surface area contributed by atoms with Crippen molar-refractivity contribution in [3.63, 3.8) is 0 Å². The molecule has 0 aromatic heterocycles. The first-order valence-electron chi connectivity index (χ1n) is 8.96. The second-order valence-corrected chi connectivity index (χ2v) is 6.36. The van der Waals surface area contributed by atoms with Crippen LogP contribution in [-0.2, 0) is 16.0 Å². The fourth-order valence-electron chi connectivity index (χ4n) is 3.15. The molecule has 2 aromatic carbocycles. The average molecular weight is 381 g/mol. The first-order chi connectivity index (χ1) is 13.5. The van der Waals surface area contributed by atoms with E-state index < -0.39 is 12.1 Å². The van der Waals surface area contributed by atoms with Crippen LogP contribution in [0, 0.1) is 0 Å². The van der Waals surface area contributed by atoms with Crippen LogP contribution in [0.5, 0.6) is 11.5 Å². The Morgan fingerprint density at radius 2 is 1.82 bits per heavy atom. The Balaban J connectivity index is 1.85. The zero-order valence-electron chi connectivity index (χ0n) is 16.1.